The van der Waals surface area contributed by atoms with Crippen molar-refractivity contribution in [1.82, 2.24) is 0 Å². The van der Waals surface area contributed by atoms with Gasteiger partial charge in [0, 0.05) is 0 Å². The van der Waals surface area contributed by atoms with Gasteiger partial charge in [0.2, 0.25) is 0 Å². The van der Waals surface area contributed by atoms with Gasteiger partial charge in [0.05, 0.1) is 0 Å². The Labute approximate surface area is 78.4 Å². The van der Waals surface area contributed by atoms with Crippen LogP contribution in [-0.4, -0.2) is 32.9 Å². The first-order chi connectivity index (χ1) is 5.74. The van der Waals surface area contributed by atoms with Gasteiger partial charge in [-0.2, -0.15) is 0 Å². The van der Waals surface area contributed by atoms with Crippen molar-refractivity contribution in [3.8, 4) is 0 Å². The molecule has 0 aliphatic rings. The number of nitrogens with two attached hydrogens (primary N) is 3. The Morgan fingerprint density at radius 2 is 1.17 bits per heavy atom. The number of hydrogen-bond donors (Lipinski definition) is 3. The molecule has 0 aromatic rings. The molecular formula is C8H23GeN3. The van der Waals surface area contributed by atoms with Crippen LogP contribution in [-0.2, 0) is 0 Å². The maximum absolute atomic E-state index is 5.62. The molecule has 3 nitrogen and oxygen atoms in total. The van der Waals surface area contributed by atoms with Gasteiger partial charge in [-0.1, -0.05) is 0 Å². The van der Waals surface area contributed by atoms with Crippen molar-refractivity contribution in [2.45, 2.75) is 27.9 Å². The SMILES string of the molecule is C[CH2][Ge]([CH2]CN)([CH2]CN)[CH2]CN. The first kappa shape index (κ1) is 12.4. The first-order valence-electron chi connectivity index (χ1n) is 4.85. The van der Waals surface area contributed by atoms with Gasteiger partial charge < -0.3 is 0 Å². The summed E-state index contributed by atoms with van der Waals surface area (Å²) in [5.41, 5.74) is 16.8. The average Bonchev–Trinajstić information content (AvgIpc) is 2.06. The van der Waals surface area contributed by atoms with E-state index in [-0.39, 0.29) is 0 Å². The van der Waals surface area contributed by atoms with Crippen LogP contribution in [0.4, 0.5) is 0 Å². The molecule has 6 N–H and O–H groups in total. The Hall–Kier alpha value is 0.423. The normalized spacial score (nSPS) is 12.0. The van der Waals surface area contributed by atoms with E-state index in [2.05, 4.69) is 6.92 Å². The van der Waals surface area contributed by atoms with E-state index in [4.69, 9.17) is 17.2 Å². The van der Waals surface area contributed by atoms with E-state index in [9.17, 15) is 0 Å². The molecule has 0 saturated carbocycles. The van der Waals surface area contributed by atoms with Crippen LogP contribution in [0.1, 0.15) is 6.92 Å². The standard InChI is InChI=1S/C8H23GeN3/c1-2-9(3-6-10,4-7-11)5-8-12/h2-8,10-12H2,1H3. The van der Waals surface area contributed by atoms with Crippen molar-refractivity contribution in [1.29, 1.82) is 0 Å². The molecule has 0 heterocycles. The van der Waals surface area contributed by atoms with Crippen LogP contribution < -0.4 is 17.2 Å². The average molecular weight is 234 g/mol. The van der Waals surface area contributed by atoms with Crippen molar-refractivity contribution >= 4 is 13.3 Å². The summed E-state index contributed by atoms with van der Waals surface area (Å²) >= 11 is -1.66. The third-order valence-electron chi connectivity index (χ3n) is 2.77. The van der Waals surface area contributed by atoms with E-state index in [1.807, 2.05) is 0 Å². The van der Waals surface area contributed by atoms with Gasteiger partial charge in [0.1, 0.15) is 0 Å². The zero-order valence-corrected chi connectivity index (χ0v) is 10.3. The molecule has 0 spiro atoms. The Kier molecular flexibility index (Phi) is 7.13. The summed E-state index contributed by atoms with van der Waals surface area (Å²) < 4.78 is 0. The third kappa shape index (κ3) is 3.89. The summed E-state index contributed by atoms with van der Waals surface area (Å²) in [4.78, 5) is 0. The molecule has 0 aromatic carbocycles. The van der Waals surface area contributed by atoms with E-state index < -0.39 is 13.3 Å². The van der Waals surface area contributed by atoms with Gasteiger partial charge in [-0.3, -0.25) is 0 Å². The quantitative estimate of drug-likeness (QED) is 0.555. The zero-order chi connectivity index (χ0) is 9.45. The maximum atomic E-state index is 5.62. The third-order valence-corrected chi connectivity index (χ3v) is 14.4. The molecular weight excluding hydrogens is 211 g/mol. The Morgan fingerprint density at radius 1 is 0.833 bits per heavy atom. The van der Waals surface area contributed by atoms with E-state index in [0.29, 0.717) is 0 Å². The molecule has 0 aliphatic carbocycles. The Balaban J connectivity index is 4.06. The van der Waals surface area contributed by atoms with E-state index in [1.54, 1.807) is 0 Å². The van der Waals surface area contributed by atoms with Gasteiger partial charge in [0.15, 0.2) is 0 Å². The monoisotopic (exact) mass is 235 g/mol. The van der Waals surface area contributed by atoms with Crippen LogP contribution in [0.5, 0.6) is 0 Å². The number of rotatable bonds is 7. The summed E-state index contributed by atoms with van der Waals surface area (Å²) in [7, 11) is 0. The molecule has 0 aromatic heterocycles. The second-order valence-corrected chi connectivity index (χ2v) is 14.4. The van der Waals surface area contributed by atoms with Gasteiger partial charge in [0.25, 0.3) is 0 Å². The Morgan fingerprint density at radius 3 is 1.33 bits per heavy atom. The predicted octanol–water partition coefficient (Wildman–Crippen LogP) is 0.331. The van der Waals surface area contributed by atoms with Crippen LogP contribution in [0.2, 0.25) is 21.0 Å². The van der Waals surface area contributed by atoms with Crippen LogP contribution in [0.15, 0.2) is 0 Å². The molecule has 0 unspecified atom stereocenters. The summed E-state index contributed by atoms with van der Waals surface area (Å²) in [6, 6.07) is 0. The fraction of sp³-hybridized carbons (Fsp3) is 1.00. The van der Waals surface area contributed by atoms with Gasteiger partial charge in [-0.25, -0.2) is 0 Å². The van der Waals surface area contributed by atoms with Crippen molar-refractivity contribution in [2.24, 2.45) is 17.2 Å². The van der Waals surface area contributed by atoms with Crippen molar-refractivity contribution in [3.63, 3.8) is 0 Å². The fourth-order valence-electron chi connectivity index (χ4n) is 1.82. The van der Waals surface area contributed by atoms with Crippen LogP contribution in [0, 0.1) is 0 Å². The molecule has 4 heteroatoms. The summed E-state index contributed by atoms with van der Waals surface area (Å²) in [5, 5.41) is 5.05. The van der Waals surface area contributed by atoms with Crippen LogP contribution in [0.3, 0.4) is 0 Å². The van der Waals surface area contributed by atoms with E-state index in [1.165, 1.54) is 21.0 Å². The predicted molar refractivity (Wildman–Crippen MR) is 57.8 cm³/mol. The second-order valence-electron chi connectivity index (χ2n) is 3.47. The van der Waals surface area contributed by atoms with E-state index >= 15 is 0 Å². The van der Waals surface area contributed by atoms with Gasteiger partial charge in [-0.05, 0) is 0 Å². The molecule has 12 heavy (non-hydrogen) atoms. The number of hydrogen-bond acceptors (Lipinski definition) is 3. The molecule has 0 atom stereocenters. The molecule has 0 bridgehead atoms. The molecule has 0 aliphatic heterocycles. The van der Waals surface area contributed by atoms with Crippen LogP contribution >= 0.6 is 0 Å². The minimum atomic E-state index is -1.66. The molecule has 0 amide bonds. The van der Waals surface area contributed by atoms with E-state index in [0.717, 1.165) is 19.6 Å². The summed E-state index contributed by atoms with van der Waals surface area (Å²) in [6.07, 6.45) is 0. The minimum absolute atomic E-state index is 0.827. The van der Waals surface area contributed by atoms with Crippen LogP contribution in [0.25, 0.3) is 0 Å². The molecule has 0 radical (unpaired) electrons. The van der Waals surface area contributed by atoms with Crippen molar-refractivity contribution in [2.75, 3.05) is 19.6 Å². The topological polar surface area (TPSA) is 78.1 Å². The fourth-order valence-corrected chi connectivity index (χ4v) is 9.48. The van der Waals surface area contributed by atoms with Gasteiger partial charge in [-0.15, -0.1) is 0 Å². The molecule has 0 saturated heterocycles. The Bertz CT molecular complexity index is 91.5. The van der Waals surface area contributed by atoms with Crippen molar-refractivity contribution < 1.29 is 0 Å². The molecule has 0 fully saturated rings. The second kappa shape index (κ2) is 6.89. The zero-order valence-electron chi connectivity index (χ0n) is 8.18. The van der Waals surface area contributed by atoms with Crippen molar-refractivity contribution in [3.05, 3.63) is 0 Å². The molecule has 0 rings (SSSR count). The summed E-state index contributed by atoms with van der Waals surface area (Å²) in [6.45, 7) is 4.76. The summed E-state index contributed by atoms with van der Waals surface area (Å²) in [5.74, 6) is 0. The molecule has 74 valence electrons. The van der Waals surface area contributed by atoms with Gasteiger partial charge >= 0.3 is 78.0 Å². The first-order valence-corrected chi connectivity index (χ1v) is 10.8.